The monoisotopic (exact) mass is 316 g/mol. The number of aromatic amines is 1. The Morgan fingerprint density at radius 1 is 1.36 bits per heavy atom. The van der Waals surface area contributed by atoms with E-state index < -0.39 is 0 Å². The van der Waals surface area contributed by atoms with Gasteiger partial charge in [0.15, 0.2) is 0 Å². The van der Waals surface area contributed by atoms with Gasteiger partial charge < -0.3 is 4.90 Å². The fraction of sp³-hybridized carbons (Fsp3) is 0.154. The van der Waals surface area contributed by atoms with Crippen LogP contribution in [0.3, 0.4) is 0 Å². The molecule has 0 radical (unpaired) electrons. The third-order valence-electron chi connectivity index (χ3n) is 2.96. The number of benzene rings is 1. The quantitative estimate of drug-likeness (QED) is 0.861. The number of aromatic nitrogens is 4. The molecule has 0 fully saturated rings. The number of tetrazole rings is 1. The molecule has 22 heavy (non-hydrogen) atoms. The Bertz CT molecular complexity index is 701. The summed E-state index contributed by atoms with van der Waals surface area (Å²) < 4.78 is 0. The molecule has 0 atom stereocenters. The minimum Gasteiger partial charge on any atom is -0.301 e. The van der Waals surface area contributed by atoms with Crippen LogP contribution in [0, 0.1) is 0 Å². The third kappa shape index (κ3) is 3.14. The molecule has 1 aliphatic heterocycles. The zero-order valence-electron chi connectivity index (χ0n) is 11.4. The van der Waals surface area contributed by atoms with E-state index >= 15 is 0 Å². The van der Waals surface area contributed by atoms with Crippen LogP contribution in [-0.4, -0.2) is 49.6 Å². The van der Waals surface area contributed by atoms with Crippen molar-refractivity contribution in [2.75, 3.05) is 17.6 Å². The van der Waals surface area contributed by atoms with E-state index in [2.05, 4.69) is 25.9 Å². The van der Waals surface area contributed by atoms with Gasteiger partial charge in [0.25, 0.3) is 5.95 Å². The van der Waals surface area contributed by atoms with E-state index in [4.69, 9.17) is 0 Å². The molecular weight excluding hydrogens is 304 g/mol. The van der Waals surface area contributed by atoms with Crippen LogP contribution in [-0.2, 0) is 9.59 Å². The fourth-order valence-corrected chi connectivity index (χ4v) is 2.80. The van der Waals surface area contributed by atoms with E-state index in [0.717, 1.165) is 5.56 Å². The van der Waals surface area contributed by atoms with E-state index in [1.165, 1.54) is 16.7 Å². The van der Waals surface area contributed by atoms with Gasteiger partial charge >= 0.3 is 0 Å². The number of rotatable bonds is 4. The largest absolute Gasteiger partial charge is 0.301 e. The highest BCUT2D eigenvalue weighted by Crippen LogP contribution is 2.27. The van der Waals surface area contributed by atoms with Gasteiger partial charge in [-0.05, 0) is 16.2 Å². The Hall–Kier alpha value is -2.68. The summed E-state index contributed by atoms with van der Waals surface area (Å²) >= 11 is 1.42. The third-order valence-corrected chi connectivity index (χ3v) is 3.77. The molecule has 0 saturated carbocycles. The minimum atomic E-state index is -0.386. The standard InChI is InChI=1S/C13H12N6O2S/c20-11(14-13-15-17-18-16-13)6-19-10(7-22-8-12(19)21)9-4-2-1-3-5-9/h1-5,7H,6,8H2,(H2,14,15,16,17,18,20). The lowest BCUT2D eigenvalue weighted by Crippen LogP contribution is -2.39. The smallest absolute Gasteiger partial charge is 0.269 e. The van der Waals surface area contributed by atoms with Crippen molar-refractivity contribution in [3.8, 4) is 0 Å². The van der Waals surface area contributed by atoms with E-state index in [1.807, 2.05) is 35.7 Å². The van der Waals surface area contributed by atoms with Crippen molar-refractivity contribution < 1.29 is 9.59 Å². The van der Waals surface area contributed by atoms with Gasteiger partial charge in [-0.15, -0.1) is 16.9 Å². The predicted octanol–water partition coefficient (Wildman–Crippen LogP) is 0.712. The van der Waals surface area contributed by atoms with Gasteiger partial charge in [-0.3, -0.25) is 14.9 Å². The lowest BCUT2D eigenvalue weighted by molar-refractivity contribution is -0.129. The number of thioether (sulfide) groups is 1. The number of nitrogens with one attached hydrogen (secondary N) is 2. The van der Waals surface area contributed by atoms with Gasteiger partial charge in [0, 0.05) is 0 Å². The summed E-state index contributed by atoms with van der Waals surface area (Å²) in [6, 6.07) is 9.47. The SMILES string of the molecule is O=C(CN1C(=O)CSC=C1c1ccccc1)Nc1nn[nH]n1. The molecule has 112 valence electrons. The van der Waals surface area contributed by atoms with E-state index in [9.17, 15) is 9.59 Å². The zero-order chi connectivity index (χ0) is 15.4. The van der Waals surface area contributed by atoms with Gasteiger partial charge in [-0.25, -0.2) is 0 Å². The highest BCUT2D eigenvalue weighted by Gasteiger charge is 2.25. The molecule has 1 aliphatic rings. The van der Waals surface area contributed by atoms with Crippen molar-refractivity contribution in [1.82, 2.24) is 25.5 Å². The molecule has 0 unspecified atom stereocenters. The molecule has 2 aromatic rings. The molecule has 2 heterocycles. The summed E-state index contributed by atoms with van der Waals surface area (Å²) in [5, 5.41) is 17.2. The number of carbonyl (C=O) groups excluding carboxylic acids is 2. The van der Waals surface area contributed by atoms with Crippen molar-refractivity contribution in [3.05, 3.63) is 41.3 Å². The average molecular weight is 316 g/mol. The van der Waals surface area contributed by atoms with Crippen LogP contribution >= 0.6 is 11.8 Å². The number of amides is 2. The average Bonchev–Trinajstić information content (AvgIpc) is 3.03. The summed E-state index contributed by atoms with van der Waals surface area (Å²) in [6.07, 6.45) is 0. The number of anilines is 1. The number of hydrogen-bond acceptors (Lipinski definition) is 6. The molecule has 1 aromatic heterocycles. The van der Waals surface area contributed by atoms with Gasteiger partial charge in [0.1, 0.15) is 6.54 Å². The van der Waals surface area contributed by atoms with Crippen LogP contribution in [0.25, 0.3) is 5.70 Å². The van der Waals surface area contributed by atoms with Crippen molar-refractivity contribution in [3.63, 3.8) is 0 Å². The second-order valence-corrected chi connectivity index (χ2v) is 5.30. The van der Waals surface area contributed by atoms with Crippen molar-refractivity contribution in [2.24, 2.45) is 0 Å². The molecule has 0 saturated heterocycles. The summed E-state index contributed by atoms with van der Waals surface area (Å²) in [7, 11) is 0. The molecule has 0 spiro atoms. The fourth-order valence-electron chi connectivity index (χ4n) is 2.00. The number of carbonyl (C=O) groups is 2. The maximum absolute atomic E-state index is 12.2. The van der Waals surface area contributed by atoms with Crippen LogP contribution in [0.15, 0.2) is 35.7 Å². The molecule has 9 heteroatoms. The molecule has 2 N–H and O–H groups in total. The van der Waals surface area contributed by atoms with Gasteiger partial charge in [-0.1, -0.05) is 35.4 Å². The van der Waals surface area contributed by atoms with Crippen LogP contribution in [0.5, 0.6) is 0 Å². The maximum Gasteiger partial charge on any atom is 0.269 e. The Labute approximate surface area is 130 Å². The summed E-state index contributed by atoms with van der Waals surface area (Å²) in [6.45, 7) is -0.103. The highest BCUT2D eigenvalue weighted by atomic mass is 32.2. The first kappa shape index (κ1) is 14.3. The molecule has 1 aromatic carbocycles. The summed E-state index contributed by atoms with van der Waals surface area (Å²) in [4.78, 5) is 25.7. The lowest BCUT2D eigenvalue weighted by atomic mass is 10.1. The molecule has 0 bridgehead atoms. The molecule has 2 amide bonds. The Morgan fingerprint density at radius 2 is 2.18 bits per heavy atom. The van der Waals surface area contributed by atoms with Crippen LogP contribution in [0.2, 0.25) is 0 Å². The van der Waals surface area contributed by atoms with Crippen molar-refractivity contribution in [1.29, 1.82) is 0 Å². The summed E-state index contributed by atoms with van der Waals surface area (Å²) in [5.41, 5.74) is 1.60. The Morgan fingerprint density at radius 3 is 2.91 bits per heavy atom. The lowest BCUT2D eigenvalue weighted by Gasteiger charge is -2.27. The first-order chi connectivity index (χ1) is 10.7. The molecule has 0 aliphatic carbocycles. The first-order valence-electron chi connectivity index (χ1n) is 6.45. The normalized spacial score (nSPS) is 14.6. The van der Waals surface area contributed by atoms with Crippen LogP contribution in [0.1, 0.15) is 5.56 Å². The molecular formula is C13H12N6O2S. The number of hydrogen-bond donors (Lipinski definition) is 2. The van der Waals surface area contributed by atoms with E-state index in [-0.39, 0.29) is 24.3 Å². The van der Waals surface area contributed by atoms with E-state index in [1.54, 1.807) is 0 Å². The van der Waals surface area contributed by atoms with Crippen LogP contribution < -0.4 is 5.32 Å². The van der Waals surface area contributed by atoms with Crippen molar-refractivity contribution in [2.45, 2.75) is 0 Å². The summed E-state index contributed by atoms with van der Waals surface area (Å²) in [5.74, 6) is -0.113. The zero-order valence-corrected chi connectivity index (χ0v) is 12.2. The second kappa shape index (κ2) is 6.39. The number of nitrogens with zero attached hydrogens (tertiary/aromatic N) is 4. The van der Waals surface area contributed by atoms with Gasteiger partial charge in [-0.2, -0.15) is 5.21 Å². The molecule has 8 nitrogen and oxygen atoms in total. The Kier molecular flexibility index (Phi) is 4.15. The minimum absolute atomic E-state index is 0.0778. The van der Waals surface area contributed by atoms with Crippen LogP contribution in [0.4, 0.5) is 5.95 Å². The van der Waals surface area contributed by atoms with Crippen molar-refractivity contribution >= 4 is 35.2 Å². The number of H-pyrrole nitrogens is 1. The molecule has 3 rings (SSSR count). The van der Waals surface area contributed by atoms with E-state index in [0.29, 0.717) is 11.4 Å². The maximum atomic E-state index is 12.2. The Balaban J connectivity index is 1.77. The first-order valence-corrected chi connectivity index (χ1v) is 7.50. The topological polar surface area (TPSA) is 104 Å². The highest BCUT2D eigenvalue weighted by molar-refractivity contribution is 8.03. The second-order valence-electron chi connectivity index (χ2n) is 4.44. The van der Waals surface area contributed by atoms with Gasteiger partial charge in [0.05, 0.1) is 11.4 Å². The predicted molar refractivity (Wildman–Crippen MR) is 81.4 cm³/mol. The van der Waals surface area contributed by atoms with Gasteiger partial charge in [0.2, 0.25) is 11.8 Å².